The molecule has 1 fully saturated rings. The monoisotopic (exact) mass is 424 g/mol. The topological polar surface area (TPSA) is 87.0 Å². The molecule has 2 N–H and O–H groups in total. The molecule has 0 bridgehead atoms. The molecule has 0 radical (unpaired) electrons. The molecule has 1 aromatic carbocycles. The summed E-state index contributed by atoms with van der Waals surface area (Å²) in [6.45, 7) is 5.01. The minimum Gasteiger partial charge on any atom is -0.467 e. The predicted octanol–water partition coefficient (Wildman–Crippen LogP) is 2.44. The summed E-state index contributed by atoms with van der Waals surface area (Å²) in [4.78, 5) is 30.0. The SMILES string of the molecule is CCOC(=O)C1=C(CN2CCN(C)CC2c2ccccc2)NC(=O)NC1c1ccco1. The zero-order valence-electron chi connectivity index (χ0n) is 17.8. The number of benzene rings is 1. The van der Waals surface area contributed by atoms with Crippen LogP contribution in [0, 0.1) is 0 Å². The highest BCUT2D eigenvalue weighted by molar-refractivity contribution is 5.95. The van der Waals surface area contributed by atoms with E-state index in [0.29, 0.717) is 23.6 Å². The van der Waals surface area contributed by atoms with Crippen LogP contribution in [0.4, 0.5) is 4.79 Å². The number of hydrogen-bond acceptors (Lipinski definition) is 6. The lowest BCUT2D eigenvalue weighted by Crippen LogP contribution is -2.52. The maximum absolute atomic E-state index is 12.9. The van der Waals surface area contributed by atoms with Crippen LogP contribution in [0.15, 0.2) is 64.4 Å². The molecule has 1 saturated heterocycles. The van der Waals surface area contributed by atoms with Gasteiger partial charge >= 0.3 is 12.0 Å². The van der Waals surface area contributed by atoms with Crippen molar-refractivity contribution in [2.24, 2.45) is 0 Å². The first kappa shape index (κ1) is 21.1. The van der Waals surface area contributed by atoms with E-state index in [9.17, 15) is 9.59 Å². The standard InChI is InChI=1S/C23H28N4O4/c1-3-30-22(28)20-17(24-23(29)25-21(20)19-10-7-13-31-19)14-27-12-11-26(2)15-18(27)16-8-5-4-6-9-16/h4-10,13,18,21H,3,11-12,14-15H2,1-2H3,(H2,24,25,29). The van der Waals surface area contributed by atoms with Crippen LogP contribution in [0.5, 0.6) is 0 Å². The van der Waals surface area contributed by atoms with Crippen LogP contribution in [-0.4, -0.2) is 61.6 Å². The molecule has 2 unspecified atom stereocenters. The molecule has 1 aromatic heterocycles. The van der Waals surface area contributed by atoms with Crippen LogP contribution in [0.25, 0.3) is 0 Å². The van der Waals surface area contributed by atoms with E-state index in [1.54, 1.807) is 19.1 Å². The van der Waals surface area contributed by atoms with Gasteiger partial charge in [0.05, 0.1) is 18.4 Å². The molecule has 0 aliphatic carbocycles. The molecule has 2 atom stereocenters. The number of nitrogens with one attached hydrogen (secondary N) is 2. The number of ether oxygens (including phenoxy) is 1. The van der Waals surface area contributed by atoms with Crippen molar-refractivity contribution in [3.8, 4) is 0 Å². The summed E-state index contributed by atoms with van der Waals surface area (Å²) in [5.41, 5.74) is 2.13. The Hall–Kier alpha value is -3.10. The molecule has 4 rings (SSSR count). The summed E-state index contributed by atoms with van der Waals surface area (Å²) in [6.07, 6.45) is 1.53. The van der Waals surface area contributed by atoms with Crippen LogP contribution in [0.3, 0.4) is 0 Å². The van der Waals surface area contributed by atoms with Crippen molar-refractivity contribution in [1.82, 2.24) is 20.4 Å². The van der Waals surface area contributed by atoms with Crippen molar-refractivity contribution in [1.29, 1.82) is 0 Å². The summed E-state index contributed by atoms with van der Waals surface area (Å²) in [5, 5.41) is 5.66. The van der Waals surface area contributed by atoms with Gasteiger partial charge in [0, 0.05) is 37.9 Å². The fourth-order valence-corrected chi connectivity index (χ4v) is 4.20. The number of esters is 1. The largest absolute Gasteiger partial charge is 0.467 e. The fourth-order valence-electron chi connectivity index (χ4n) is 4.20. The van der Waals surface area contributed by atoms with Crippen molar-refractivity contribution in [3.63, 3.8) is 0 Å². The molecular formula is C23H28N4O4. The Kier molecular flexibility index (Phi) is 6.39. The van der Waals surface area contributed by atoms with Gasteiger partial charge in [-0.2, -0.15) is 0 Å². The van der Waals surface area contributed by atoms with Gasteiger partial charge in [-0.05, 0) is 31.7 Å². The quantitative estimate of drug-likeness (QED) is 0.693. The second-order valence-corrected chi connectivity index (χ2v) is 7.82. The van der Waals surface area contributed by atoms with Crippen LogP contribution in [0.2, 0.25) is 0 Å². The molecule has 0 spiro atoms. The molecule has 0 saturated carbocycles. The number of carbonyl (C=O) groups is 2. The van der Waals surface area contributed by atoms with Crippen molar-refractivity contribution in [2.75, 3.05) is 39.8 Å². The second kappa shape index (κ2) is 9.36. The van der Waals surface area contributed by atoms with E-state index in [1.807, 2.05) is 18.2 Å². The Bertz CT molecular complexity index is 942. The molecule has 31 heavy (non-hydrogen) atoms. The van der Waals surface area contributed by atoms with Gasteiger partial charge in [-0.3, -0.25) is 4.90 Å². The number of piperazine rings is 1. The second-order valence-electron chi connectivity index (χ2n) is 7.82. The Morgan fingerprint density at radius 3 is 2.71 bits per heavy atom. The third kappa shape index (κ3) is 4.65. The molecule has 8 nitrogen and oxygen atoms in total. The van der Waals surface area contributed by atoms with Crippen LogP contribution >= 0.6 is 0 Å². The zero-order chi connectivity index (χ0) is 21.8. The summed E-state index contributed by atoms with van der Waals surface area (Å²) < 4.78 is 10.9. The van der Waals surface area contributed by atoms with Gasteiger partial charge in [0.25, 0.3) is 0 Å². The minimum atomic E-state index is -0.694. The first-order valence-electron chi connectivity index (χ1n) is 10.6. The average Bonchev–Trinajstić information content (AvgIpc) is 3.30. The van der Waals surface area contributed by atoms with Crippen molar-refractivity contribution >= 4 is 12.0 Å². The summed E-state index contributed by atoms with van der Waals surface area (Å²) in [5.74, 6) is 0.0326. The molecule has 164 valence electrons. The van der Waals surface area contributed by atoms with Crippen molar-refractivity contribution in [2.45, 2.75) is 19.0 Å². The smallest absolute Gasteiger partial charge is 0.338 e. The zero-order valence-corrected chi connectivity index (χ0v) is 17.8. The van der Waals surface area contributed by atoms with Gasteiger partial charge in [-0.15, -0.1) is 0 Å². The van der Waals surface area contributed by atoms with Crippen LogP contribution in [0.1, 0.15) is 30.3 Å². The Morgan fingerprint density at radius 1 is 1.19 bits per heavy atom. The van der Waals surface area contributed by atoms with E-state index in [4.69, 9.17) is 9.15 Å². The minimum absolute atomic E-state index is 0.143. The molecule has 2 aromatic rings. The van der Waals surface area contributed by atoms with Gasteiger partial charge in [0.2, 0.25) is 0 Å². The number of urea groups is 1. The van der Waals surface area contributed by atoms with E-state index in [0.717, 1.165) is 19.6 Å². The van der Waals surface area contributed by atoms with Gasteiger partial charge in [-0.25, -0.2) is 9.59 Å². The lowest BCUT2D eigenvalue weighted by atomic mass is 9.98. The van der Waals surface area contributed by atoms with Crippen molar-refractivity contribution in [3.05, 3.63) is 71.3 Å². The number of carbonyl (C=O) groups excluding carboxylic acids is 2. The molecule has 8 heteroatoms. The highest BCUT2D eigenvalue weighted by Gasteiger charge is 2.37. The predicted molar refractivity (Wildman–Crippen MR) is 115 cm³/mol. The highest BCUT2D eigenvalue weighted by Crippen LogP contribution is 2.31. The summed E-state index contributed by atoms with van der Waals surface area (Å²) in [7, 11) is 2.11. The van der Waals surface area contributed by atoms with Crippen LogP contribution in [-0.2, 0) is 9.53 Å². The van der Waals surface area contributed by atoms with Gasteiger partial charge in [0.1, 0.15) is 11.8 Å². The van der Waals surface area contributed by atoms with E-state index in [2.05, 4.69) is 39.6 Å². The molecular weight excluding hydrogens is 396 g/mol. The van der Waals surface area contributed by atoms with Crippen molar-refractivity contribution < 1.29 is 18.7 Å². The fraction of sp³-hybridized carbons (Fsp3) is 0.391. The lowest BCUT2D eigenvalue weighted by molar-refractivity contribution is -0.139. The maximum Gasteiger partial charge on any atom is 0.338 e. The van der Waals surface area contributed by atoms with E-state index < -0.39 is 12.0 Å². The molecule has 2 aliphatic heterocycles. The normalized spacial score (nSPS) is 22.7. The number of amides is 2. The van der Waals surface area contributed by atoms with Gasteiger partial charge in [-0.1, -0.05) is 30.3 Å². The van der Waals surface area contributed by atoms with Gasteiger partial charge in [0.15, 0.2) is 0 Å². The number of furan rings is 1. The number of hydrogen-bond donors (Lipinski definition) is 2. The van der Waals surface area contributed by atoms with E-state index in [1.165, 1.54) is 11.8 Å². The molecule has 2 aliphatic rings. The Labute approximate surface area is 181 Å². The Morgan fingerprint density at radius 2 is 2.00 bits per heavy atom. The van der Waals surface area contributed by atoms with Gasteiger partial charge < -0.3 is 24.7 Å². The lowest BCUT2D eigenvalue weighted by Gasteiger charge is -2.41. The molecule has 3 heterocycles. The number of likely N-dealkylation sites (N-methyl/N-ethyl adjacent to an activating group) is 1. The molecule has 2 amide bonds. The summed E-state index contributed by atoms with van der Waals surface area (Å²) in [6, 6.07) is 12.9. The maximum atomic E-state index is 12.9. The summed E-state index contributed by atoms with van der Waals surface area (Å²) >= 11 is 0. The Balaban J connectivity index is 1.70. The first-order chi connectivity index (χ1) is 15.1. The van der Waals surface area contributed by atoms with E-state index in [-0.39, 0.29) is 18.7 Å². The number of nitrogens with zero attached hydrogens (tertiary/aromatic N) is 2. The third-order valence-electron chi connectivity index (χ3n) is 5.72. The average molecular weight is 425 g/mol. The third-order valence-corrected chi connectivity index (χ3v) is 5.72. The highest BCUT2D eigenvalue weighted by atomic mass is 16.5. The first-order valence-corrected chi connectivity index (χ1v) is 10.6. The van der Waals surface area contributed by atoms with Crippen LogP contribution < -0.4 is 10.6 Å². The van der Waals surface area contributed by atoms with E-state index >= 15 is 0 Å². The number of rotatable bonds is 6.